The lowest BCUT2D eigenvalue weighted by atomic mass is 10.2. The minimum atomic E-state index is 0.783. The van der Waals surface area contributed by atoms with Crippen molar-refractivity contribution < 1.29 is 0 Å². The van der Waals surface area contributed by atoms with Crippen molar-refractivity contribution in [1.82, 2.24) is 19.4 Å². The number of aromatic nitrogens is 4. The predicted octanol–water partition coefficient (Wildman–Crippen LogP) is 3.49. The van der Waals surface area contributed by atoms with Crippen LogP contribution in [0.2, 0.25) is 0 Å². The second-order valence-corrected chi connectivity index (χ2v) is 5.85. The zero-order chi connectivity index (χ0) is 16.6. The fourth-order valence-electron chi connectivity index (χ4n) is 2.76. The molecule has 118 valence electrons. The Balaban J connectivity index is 1.99. The molecule has 0 N–H and O–H groups in total. The van der Waals surface area contributed by atoms with Crippen molar-refractivity contribution in [1.29, 1.82) is 0 Å². The van der Waals surface area contributed by atoms with Crippen LogP contribution in [0.25, 0.3) is 5.69 Å². The Kier molecular flexibility index (Phi) is 3.86. The lowest BCUT2D eigenvalue weighted by Crippen LogP contribution is -2.00. The molecule has 0 spiro atoms. The van der Waals surface area contributed by atoms with Crippen LogP contribution in [0.15, 0.2) is 35.4 Å². The number of aryl methyl sites for hydroxylation is 4. The van der Waals surface area contributed by atoms with Gasteiger partial charge in [-0.05, 0) is 52.8 Å². The van der Waals surface area contributed by atoms with Gasteiger partial charge in [-0.15, -0.1) is 10.2 Å². The molecule has 0 aliphatic heterocycles. The Labute approximate surface area is 136 Å². The molecule has 23 heavy (non-hydrogen) atoms. The Morgan fingerprint density at radius 2 is 1.52 bits per heavy atom. The minimum Gasteiger partial charge on any atom is -0.318 e. The van der Waals surface area contributed by atoms with Crippen molar-refractivity contribution in [2.45, 2.75) is 34.6 Å². The molecule has 0 atom stereocenters. The largest absolute Gasteiger partial charge is 0.318 e. The number of rotatable bonds is 3. The molecule has 0 bridgehead atoms. The van der Waals surface area contributed by atoms with Crippen LogP contribution >= 0.6 is 0 Å². The van der Waals surface area contributed by atoms with Gasteiger partial charge in [-0.1, -0.05) is 17.7 Å². The van der Waals surface area contributed by atoms with E-state index in [1.165, 1.54) is 22.6 Å². The summed E-state index contributed by atoms with van der Waals surface area (Å²) in [7, 11) is 0. The number of hydrogen-bond donors (Lipinski definition) is 0. The van der Waals surface area contributed by atoms with E-state index in [9.17, 15) is 0 Å². The lowest BCUT2D eigenvalue weighted by molar-refractivity contribution is 0.798. The standard InChI is InChI=1S/C18H21N5/c1-12-6-8-18(9-7-12)22-13(2)10-17(14(22)3)11-19-23-15(4)20-21-16(23)5/h6-11H,1-5H3. The van der Waals surface area contributed by atoms with Crippen LogP contribution in [0.1, 0.15) is 34.2 Å². The lowest BCUT2D eigenvalue weighted by Gasteiger charge is -2.09. The molecule has 0 aliphatic rings. The molecular weight excluding hydrogens is 286 g/mol. The third-order valence-electron chi connectivity index (χ3n) is 4.03. The summed E-state index contributed by atoms with van der Waals surface area (Å²) in [5.74, 6) is 1.57. The summed E-state index contributed by atoms with van der Waals surface area (Å²) in [6.07, 6.45) is 1.87. The van der Waals surface area contributed by atoms with Crippen molar-refractivity contribution in [3.8, 4) is 5.69 Å². The first-order valence-corrected chi connectivity index (χ1v) is 7.66. The van der Waals surface area contributed by atoms with Gasteiger partial charge in [0.2, 0.25) is 0 Å². The van der Waals surface area contributed by atoms with Crippen LogP contribution in [0, 0.1) is 34.6 Å². The highest BCUT2D eigenvalue weighted by atomic mass is 15.4. The molecule has 3 rings (SSSR count). The highest BCUT2D eigenvalue weighted by molar-refractivity contribution is 5.82. The molecular formula is C18H21N5. The molecule has 0 aliphatic carbocycles. The number of hydrogen-bond acceptors (Lipinski definition) is 3. The quantitative estimate of drug-likeness (QED) is 0.695. The fraction of sp³-hybridized carbons (Fsp3) is 0.278. The Hall–Kier alpha value is -2.69. The molecule has 0 saturated heterocycles. The summed E-state index contributed by atoms with van der Waals surface area (Å²) in [5.41, 5.74) is 5.87. The van der Waals surface area contributed by atoms with E-state index in [1.54, 1.807) is 4.68 Å². The van der Waals surface area contributed by atoms with Gasteiger partial charge in [0.1, 0.15) is 0 Å². The molecule has 1 aromatic carbocycles. The average Bonchev–Trinajstić information content (AvgIpc) is 2.98. The first-order chi connectivity index (χ1) is 11.0. The van der Waals surface area contributed by atoms with Crippen molar-refractivity contribution in [2.75, 3.05) is 0 Å². The van der Waals surface area contributed by atoms with E-state index in [2.05, 4.69) is 71.0 Å². The maximum absolute atomic E-state index is 4.51. The number of nitrogens with zero attached hydrogens (tertiary/aromatic N) is 5. The van der Waals surface area contributed by atoms with Crippen molar-refractivity contribution in [3.63, 3.8) is 0 Å². The van der Waals surface area contributed by atoms with Gasteiger partial charge in [0, 0.05) is 22.6 Å². The predicted molar refractivity (Wildman–Crippen MR) is 92.5 cm³/mol. The second-order valence-electron chi connectivity index (χ2n) is 5.85. The number of benzene rings is 1. The van der Waals surface area contributed by atoms with Crippen LogP contribution in [0.3, 0.4) is 0 Å². The Bertz CT molecular complexity index is 846. The van der Waals surface area contributed by atoms with Crippen LogP contribution < -0.4 is 0 Å². The molecule has 2 aromatic heterocycles. The SMILES string of the molecule is Cc1ccc(-n2c(C)cc(C=Nn3c(C)nnc3C)c2C)cc1. The molecule has 0 unspecified atom stereocenters. The monoisotopic (exact) mass is 307 g/mol. The highest BCUT2D eigenvalue weighted by Crippen LogP contribution is 2.20. The molecule has 3 aromatic rings. The average molecular weight is 307 g/mol. The van der Waals surface area contributed by atoms with E-state index < -0.39 is 0 Å². The maximum Gasteiger partial charge on any atom is 0.151 e. The van der Waals surface area contributed by atoms with Gasteiger partial charge >= 0.3 is 0 Å². The van der Waals surface area contributed by atoms with Gasteiger partial charge in [-0.25, -0.2) is 4.68 Å². The third kappa shape index (κ3) is 2.82. The highest BCUT2D eigenvalue weighted by Gasteiger charge is 2.10. The van der Waals surface area contributed by atoms with Crippen molar-refractivity contribution in [3.05, 3.63) is 64.5 Å². The van der Waals surface area contributed by atoms with Gasteiger partial charge in [-0.3, -0.25) is 0 Å². The smallest absolute Gasteiger partial charge is 0.151 e. The van der Waals surface area contributed by atoms with E-state index in [0.29, 0.717) is 0 Å². The minimum absolute atomic E-state index is 0.783. The maximum atomic E-state index is 4.51. The molecule has 5 heteroatoms. The van der Waals surface area contributed by atoms with Gasteiger partial charge in [-0.2, -0.15) is 5.10 Å². The van der Waals surface area contributed by atoms with Crippen LogP contribution in [0.5, 0.6) is 0 Å². The van der Waals surface area contributed by atoms with Gasteiger partial charge in [0.15, 0.2) is 11.6 Å². The first kappa shape index (κ1) is 15.2. The van der Waals surface area contributed by atoms with E-state index in [-0.39, 0.29) is 0 Å². The van der Waals surface area contributed by atoms with E-state index in [4.69, 9.17) is 0 Å². The Morgan fingerprint density at radius 1 is 0.913 bits per heavy atom. The zero-order valence-electron chi connectivity index (χ0n) is 14.2. The molecule has 0 saturated carbocycles. The normalized spacial score (nSPS) is 11.5. The molecule has 0 amide bonds. The van der Waals surface area contributed by atoms with Crippen molar-refractivity contribution in [2.24, 2.45) is 5.10 Å². The fourth-order valence-corrected chi connectivity index (χ4v) is 2.76. The second kappa shape index (κ2) is 5.83. The molecule has 0 radical (unpaired) electrons. The van der Waals surface area contributed by atoms with Crippen molar-refractivity contribution >= 4 is 6.21 Å². The summed E-state index contributed by atoms with van der Waals surface area (Å²) in [5, 5.41) is 12.6. The summed E-state index contributed by atoms with van der Waals surface area (Å²) in [6.45, 7) is 10.1. The van der Waals surface area contributed by atoms with E-state index >= 15 is 0 Å². The van der Waals surface area contributed by atoms with Gasteiger partial charge < -0.3 is 4.57 Å². The van der Waals surface area contributed by atoms with Crippen LogP contribution in [0.4, 0.5) is 0 Å². The molecule has 0 fully saturated rings. The summed E-state index contributed by atoms with van der Waals surface area (Å²) >= 11 is 0. The van der Waals surface area contributed by atoms with E-state index in [0.717, 1.165) is 17.2 Å². The van der Waals surface area contributed by atoms with Gasteiger partial charge in [0.25, 0.3) is 0 Å². The zero-order valence-corrected chi connectivity index (χ0v) is 14.2. The van der Waals surface area contributed by atoms with Crippen LogP contribution in [-0.2, 0) is 0 Å². The van der Waals surface area contributed by atoms with Crippen LogP contribution in [-0.4, -0.2) is 25.7 Å². The molecule has 5 nitrogen and oxygen atoms in total. The van der Waals surface area contributed by atoms with E-state index in [1.807, 2.05) is 20.1 Å². The molecule has 2 heterocycles. The first-order valence-electron chi connectivity index (χ1n) is 7.66. The Morgan fingerprint density at radius 3 is 2.13 bits per heavy atom. The topological polar surface area (TPSA) is 48.0 Å². The summed E-state index contributed by atoms with van der Waals surface area (Å²) in [6, 6.07) is 10.7. The summed E-state index contributed by atoms with van der Waals surface area (Å²) in [4.78, 5) is 0. The summed E-state index contributed by atoms with van der Waals surface area (Å²) < 4.78 is 3.99. The third-order valence-corrected chi connectivity index (χ3v) is 4.03. The van der Waals surface area contributed by atoms with Gasteiger partial charge in [0.05, 0.1) is 6.21 Å².